The van der Waals surface area contributed by atoms with Crippen molar-refractivity contribution in [1.29, 1.82) is 0 Å². The molecule has 0 radical (unpaired) electrons. The average molecular weight is 292 g/mol. The summed E-state index contributed by atoms with van der Waals surface area (Å²) in [5, 5.41) is 4.95. The van der Waals surface area contributed by atoms with Crippen LogP contribution in [0.1, 0.15) is 43.1 Å². The van der Waals surface area contributed by atoms with E-state index in [2.05, 4.69) is 25.0 Å². The summed E-state index contributed by atoms with van der Waals surface area (Å²) in [4.78, 5) is 0. The topological polar surface area (TPSA) is 53.1 Å². The number of para-hydroxylation sites is 1. The molecule has 2 heterocycles. The van der Waals surface area contributed by atoms with Crippen molar-refractivity contribution in [2.75, 3.05) is 6.61 Å². The Bertz CT molecular complexity index is 623. The third-order valence-corrected chi connectivity index (χ3v) is 4.05. The Balaban J connectivity index is 1.99. The maximum absolute atomic E-state index is 6.47. The highest BCUT2D eigenvalue weighted by atomic mass is 35.5. The van der Waals surface area contributed by atoms with Gasteiger partial charge in [0, 0.05) is 17.5 Å². The SMILES string of the molecule is CC(C)n1ncc(Cl)c1C(N)C1COc2ccccc21. The van der Waals surface area contributed by atoms with E-state index in [9.17, 15) is 0 Å². The molecule has 0 aliphatic carbocycles. The highest BCUT2D eigenvalue weighted by molar-refractivity contribution is 6.31. The zero-order valence-corrected chi connectivity index (χ0v) is 12.3. The maximum atomic E-state index is 6.47. The van der Waals surface area contributed by atoms with Gasteiger partial charge in [0.15, 0.2) is 0 Å². The number of aromatic nitrogens is 2. The fourth-order valence-electron chi connectivity index (χ4n) is 2.75. The lowest BCUT2D eigenvalue weighted by Gasteiger charge is -2.22. The van der Waals surface area contributed by atoms with Crippen molar-refractivity contribution in [2.24, 2.45) is 5.73 Å². The summed E-state index contributed by atoms with van der Waals surface area (Å²) in [5.41, 5.74) is 8.50. The minimum Gasteiger partial charge on any atom is -0.493 e. The van der Waals surface area contributed by atoms with Crippen LogP contribution in [0.2, 0.25) is 5.02 Å². The van der Waals surface area contributed by atoms with Crippen LogP contribution >= 0.6 is 11.6 Å². The molecule has 0 fully saturated rings. The van der Waals surface area contributed by atoms with Gasteiger partial charge >= 0.3 is 0 Å². The van der Waals surface area contributed by atoms with Crippen LogP contribution < -0.4 is 10.5 Å². The number of halogens is 1. The first-order valence-electron chi connectivity index (χ1n) is 6.79. The molecule has 0 saturated carbocycles. The van der Waals surface area contributed by atoms with Gasteiger partial charge in [-0.3, -0.25) is 4.68 Å². The molecule has 20 heavy (non-hydrogen) atoms. The molecule has 5 heteroatoms. The van der Waals surface area contributed by atoms with Crippen molar-refractivity contribution >= 4 is 11.6 Å². The standard InChI is InChI=1S/C15H18ClN3O/c1-9(2)19-15(12(16)7-18-19)14(17)11-8-20-13-6-4-3-5-10(11)13/h3-7,9,11,14H,8,17H2,1-2H3. The zero-order valence-electron chi connectivity index (χ0n) is 11.6. The van der Waals surface area contributed by atoms with Gasteiger partial charge in [-0.2, -0.15) is 5.10 Å². The van der Waals surface area contributed by atoms with E-state index in [1.54, 1.807) is 6.20 Å². The molecule has 1 aromatic carbocycles. The van der Waals surface area contributed by atoms with Gasteiger partial charge < -0.3 is 10.5 Å². The van der Waals surface area contributed by atoms with E-state index >= 15 is 0 Å². The second kappa shape index (κ2) is 5.11. The molecular weight excluding hydrogens is 274 g/mol. The van der Waals surface area contributed by atoms with Gasteiger partial charge in [-0.15, -0.1) is 0 Å². The summed E-state index contributed by atoms with van der Waals surface area (Å²) in [6.45, 7) is 4.72. The lowest BCUT2D eigenvalue weighted by molar-refractivity contribution is 0.309. The van der Waals surface area contributed by atoms with E-state index in [-0.39, 0.29) is 18.0 Å². The van der Waals surface area contributed by atoms with E-state index in [0.717, 1.165) is 17.0 Å². The van der Waals surface area contributed by atoms with Gasteiger partial charge in [0.1, 0.15) is 5.75 Å². The summed E-state index contributed by atoms with van der Waals surface area (Å²) >= 11 is 6.29. The van der Waals surface area contributed by atoms with Gasteiger partial charge in [-0.1, -0.05) is 29.8 Å². The molecule has 2 unspecified atom stereocenters. The quantitative estimate of drug-likeness (QED) is 0.944. The predicted molar refractivity (Wildman–Crippen MR) is 79.2 cm³/mol. The number of ether oxygens (including phenoxy) is 1. The number of fused-ring (bicyclic) bond motifs is 1. The third-order valence-electron chi connectivity index (χ3n) is 3.76. The van der Waals surface area contributed by atoms with Gasteiger partial charge in [0.25, 0.3) is 0 Å². The van der Waals surface area contributed by atoms with E-state index in [1.165, 1.54) is 0 Å². The maximum Gasteiger partial charge on any atom is 0.122 e. The molecule has 2 aromatic rings. The minimum atomic E-state index is -0.226. The van der Waals surface area contributed by atoms with Crippen molar-refractivity contribution in [3.05, 3.63) is 46.7 Å². The minimum absolute atomic E-state index is 0.109. The van der Waals surface area contributed by atoms with Crippen LogP contribution in [-0.2, 0) is 0 Å². The Labute approximate surface area is 123 Å². The monoisotopic (exact) mass is 291 g/mol. The van der Waals surface area contributed by atoms with Crippen LogP contribution in [0.3, 0.4) is 0 Å². The summed E-state index contributed by atoms with van der Waals surface area (Å²) < 4.78 is 7.61. The molecule has 0 spiro atoms. The number of hydrogen-bond acceptors (Lipinski definition) is 3. The van der Waals surface area contributed by atoms with E-state index in [4.69, 9.17) is 22.1 Å². The highest BCUT2D eigenvalue weighted by Crippen LogP contribution is 2.41. The molecule has 4 nitrogen and oxygen atoms in total. The summed E-state index contributed by atoms with van der Waals surface area (Å²) in [6.07, 6.45) is 1.67. The van der Waals surface area contributed by atoms with Gasteiger partial charge in [0.05, 0.1) is 29.6 Å². The second-order valence-corrected chi connectivity index (χ2v) is 5.80. The number of rotatable bonds is 3. The lowest BCUT2D eigenvalue weighted by atomic mass is 9.91. The molecule has 106 valence electrons. The summed E-state index contributed by atoms with van der Waals surface area (Å²) in [5.74, 6) is 1.03. The van der Waals surface area contributed by atoms with E-state index < -0.39 is 0 Å². The average Bonchev–Trinajstić information content (AvgIpc) is 3.01. The van der Waals surface area contributed by atoms with Crippen molar-refractivity contribution in [3.63, 3.8) is 0 Å². The van der Waals surface area contributed by atoms with E-state index in [1.807, 2.05) is 22.9 Å². The Morgan fingerprint density at radius 1 is 1.40 bits per heavy atom. The normalized spacial score (nSPS) is 18.9. The van der Waals surface area contributed by atoms with Crippen molar-refractivity contribution < 1.29 is 4.74 Å². The zero-order chi connectivity index (χ0) is 14.3. The van der Waals surface area contributed by atoms with Crippen LogP contribution in [0.5, 0.6) is 5.75 Å². The lowest BCUT2D eigenvalue weighted by Crippen LogP contribution is -2.25. The molecule has 0 saturated heterocycles. The number of hydrogen-bond donors (Lipinski definition) is 1. The first-order valence-corrected chi connectivity index (χ1v) is 7.17. The Morgan fingerprint density at radius 3 is 2.90 bits per heavy atom. The molecule has 0 bridgehead atoms. The fourth-order valence-corrected chi connectivity index (χ4v) is 3.01. The van der Waals surface area contributed by atoms with Gasteiger partial charge in [0.2, 0.25) is 0 Å². The molecule has 0 amide bonds. The summed E-state index contributed by atoms with van der Waals surface area (Å²) in [6, 6.07) is 8.02. The first-order chi connectivity index (χ1) is 9.59. The molecule has 1 aromatic heterocycles. The molecule has 2 N–H and O–H groups in total. The van der Waals surface area contributed by atoms with Crippen molar-refractivity contribution in [1.82, 2.24) is 9.78 Å². The highest BCUT2D eigenvalue weighted by Gasteiger charge is 2.33. The third kappa shape index (κ3) is 2.09. The van der Waals surface area contributed by atoms with Gasteiger partial charge in [-0.25, -0.2) is 0 Å². The number of benzene rings is 1. The largest absolute Gasteiger partial charge is 0.493 e. The van der Waals surface area contributed by atoms with Crippen LogP contribution in [0, 0.1) is 0 Å². The van der Waals surface area contributed by atoms with Crippen LogP contribution in [0.15, 0.2) is 30.5 Å². The molecule has 2 atom stereocenters. The van der Waals surface area contributed by atoms with E-state index in [0.29, 0.717) is 11.6 Å². The molecule has 3 rings (SSSR count). The second-order valence-electron chi connectivity index (χ2n) is 5.40. The van der Waals surface area contributed by atoms with Crippen molar-refractivity contribution in [3.8, 4) is 5.75 Å². The number of nitrogens with two attached hydrogens (primary N) is 1. The molecule has 1 aliphatic heterocycles. The Kier molecular flexibility index (Phi) is 3.44. The van der Waals surface area contributed by atoms with Crippen LogP contribution in [0.4, 0.5) is 0 Å². The number of nitrogens with zero attached hydrogens (tertiary/aromatic N) is 2. The molecule has 1 aliphatic rings. The summed E-state index contributed by atoms with van der Waals surface area (Å²) in [7, 11) is 0. The predicted octanol–water partition coefficient (Wildman–Crippen LogP) is 3.29. The van der Waals surface area contributed by atoms with Crippen molar-refractivity contribution in [2.45, 2.75) is 31.8 Å². The van der Waals surface area contributed by atoms with Gasteiger partial charge in [-0.05, 0) is 19.9 Å². The Morgan fingerprint density at radius 2 is 2.15 bits per heavy atom. The smallest absolute Gasteiger partial charge is 0.122 e. The fraction of sp³-hybridized carbons (Fsp3) is 0.400. The van der Waals surface area contributed by atoms with Crippen LogP contribution in [-0.4, -0.2) is 16.4 Å². The Hall–Kier alpha value is -1.52. The first kappa shape index (κ1) is 13.5. The molecular formula is C15H18ClN3O. The van der Waals surface area contributed by atoms with Crippen LogP contribution in [0.25, 0.3) is 0 Å².